The average molecular weight is 357 g/mol. The predicted octanol–water partition coefficient (Wildman–Crippen LogP) is 6.37. The van der Waals surface area contributed by atoms with E-state index in [-0.39, 0.29) is 5.41 Å². The molecule has 3 rings (SSSR count). The van der Waals surface area contributed by atoms with Crippen molar-refractivity contribution in [1.29, 1.82) is 0 Å². The predicted molar refractivity (Wildman–Crippen MR) is 105 cm³/mol. The Labute approximate surface area is 152 Å². The van der Waals surface area contributed by atoms with Gasteiger partial charge in [-0.05, 0) is 34.2 Å². The van der Waals surface area contributed by atoms with Crippen LogP contribution in [0.4, 0.5) is 5.69 Å². The third kappa shape index (κ3) is 4.16. The minimum atomic E-state index is 0.186. The summed E-state index contributed by atoms with van der Waals surface area (Å²) in [5.74, 6) is 0. The van der Waals surface area contributed by atoms with Gasteiger partial charge in [0.25, 0.3) is 0 Å². The lowest BCUT2D eigenvalue weighted by molar-refractivity contribution is 0.590. The number of aromatic nitrogens is 1. The van der Waals surface area contributed by atoms with Gasteiger partial charge in [-0.15, -0.1) is 11.3 Å². The summed E-state index contributed by atoms with van der Waals surface area (Å²) in [7, 11) is 0. The van der Waals surface area contributed by atoms with Crippen molar-refractivity contribution in [1.82, 2.24) is 4.98 Å². The quantitative estimate of drug-likeness (QED) is 0.587. The van der Waals surface area contributed by atoms with Crippen molar-refractivity contribution in [2.45, 2.75) is 32.7 Å². The van der Waals surface area contributed by atoms with Gasteiger partial charge in [0.05, 0.1) is 6.54 Å². The Hall–Kier alpha value is -1.84. The van der Waals surface area contributed by atoms with Gasteiger partial charge in [-0.25, -0.2) is 4.98 Å². The molecular formula is C20H21ClN2S. The van der Waals surface area contributed by atoms with E-state index in [0.717, 1.165) is 17.1 Å². The van der Waals surface area contributed by atoms with Gasteiger partial charge in [0.2, 0.25) is 0 Å². The van der Waals surface area contributed by atoms with Crippen LogP contribution in [0.3, 0.4) is 0 Å². The number of thiazole rings is 1. The van der Waals surface area contributed by atoms with E-state index in [4.69, 9.17) is 11.6 Å². The van der Waals surface area contributed by atoms with E-state index in [1.54, 1.807) is 0 Å². The monoisotopic (exact) mass is 356 g/mol. The number of nitrogens with one attached hydrogen (secondary N) is 1. The third-order valence-corrected chi connectivity index (χ3v) is 5.08. The zero-order valence-corrected chi connectivity index (χ0v) is 15.7. The number of nitrogens with zero attached hydrogens (tertiary/aromatic N) is 1. The summed E-state index contributed by atoms with van der Waals surface area (Å²) in [6.07, 6.45) is 1.81. The van der Waals surface area contributed by atoms with Crippen LogP contribution < -0.4 is 5.32 Å². The van der Waals surface area contributed by atoms with Gasteiger partial charge in [-0.2, -0.15) is 0 Å². The van der Waals surface area contributed by atoms with Crippen molar-refractivity contribution in [3.63, 3.8) is 0 Å². The van der Waals surface area contributed by atoms with Crippen LogP contribution in [0.25, 0.3) is 11.1 Å². The number of benzene rings is 2. The van der Waals surface area contributed by atoms with Crippen LogP contribution in [0.5, 0.6) is 0 Å². The molecule has 0 bridgehead atoms. The van der Waals surface area contributed by atoms with E-state index in [1.807, 2.05) is 6.20 Å². The second-order valence-electron chi connectivity index (χ2n) is 6.84. The van der Waals surface area contributed by atoms with Crippen molar-refractivity contribution in [3.8, 4) is 11.1 Å². The Morgan fingerprint density at radius 1 is 0.958 bits per heavy atom. The van der Waals surface area contributed by atoms with Crippen LogP contribution in [0.15, 0.2) is 54.7 Å². The first-order chi connectivity index (χ1) is 11.4. The van der Waals surface area contributed by atoms with Gasteiger partial charge < -0.3 is 5.32 Å². The summed E-state index contributed by atoms with van der Waals surface area (Å²) in [6.45, 7) is 7.44. The van der Waals surface area contributed by atoms with E-state index < -0.39 is 0 Å². The van der Waals surface area contributed by atoms with E-state index in [1.165, 1.54) is 28.0 Å². The van der Waals surface area contributed by atoms with E-state index >= 15 is 0 Å². The SMILES string of the molecule is CC(C)(C)c1ccc(-c2ccc(NCc3cnc(Cl)s3)cc2)cc1. The minimum Gasteiger partial charge on any atom is -0.380 e. The number of rotatable bonds is 4. The Balaban J connectivity index is 1.67. The lowest BCUT2D eigenvalue weighted by atomic mass is 9.86. The summed E-state index contributed by atoms with van der Waals surface area (Å²) in [6, 6.07) is 17.3. The fourth-order valence-corrected chi connectivity index (χ4v) is 3.42. The van der Waals surface area contributed by atoms with Gasteiger partial charge in [-0.1, -0.05) is 68.8 Å². The zero-order valence-electron chi connectivity index (χ0n) is 14.1. The van der Waals surface area contributed by atoms with Crippen molar-refractivity contribution in [3.05, 3.63) is 69.6 Å². The molecule has 24 heavy (non-hydrogen) atoms. The Bertz CT molecular complexity index is 799. The van der Waals surface area contributed by atoms with Gasteiger partial charge in [0.1, 0.15) is 0 Å². The molecule has 0 aliphatic carbocycles. The average Bonchev–Trinajstić information content (AvgIpc) is 2.98. The summed E-state index contributed by atoms with van der Waals surface area (Å²) in [4.78, 5) is 5.18. The van der Waals surface area contributed by atoms with Gasteiger partial charge >= 0.3 is 0 Å². The standard InChI is InChI=1S/C20H21ClN2S/c1-20(2,3)16-8-4-14(5-9-16)15-6-10-17(11-7-15)22-12-18-13-23-19(21)24-18/h4-11,13,22H,12H2,1-3H3. The molecule has 0 saturated heterocycles. The molecule has 4 heteroatoms. The maximum Gasteiger partial charge on any atom is 0.183 e. The van der Waals surface area contributed by atoms with Crippen molar-refractivity contribution < 1.29 is 0 Å². The highest BCUT2D eigenvalue weighted by atomic mass is 35.5. The number of anilines is 1. The smallest absolute Gasteiger partial charge is 0.183 e. The largest absolute Gasteiger partial charge is 0.380 e. The first kappa shape index (κ1) is 17.0. The molecule has 1 heterocycles. The lowest BCUT2D eigenvalue weighted by Gasteiger charge is -2.19. The van der Waals surface area contributed by atoms with Crippen LogP contribution in [0, 0.1) is 0 Å². The van der Waals surface area contributed by atoms with Gasteiger partial charge in [0, 0.05) is 16.8 Å². The third-order valence-electron chi connectivity index (χ3n) is 3.96. The Kier molecular flexibility index (Phi) is 4.93. The fourth-order valence-electron chi connectivity index (χ4n) is 2.50. The second-order valence-corrected chi connectivity index (χ2v) is 8.54. The molecule has 1 N–H and O–H groups in total. The summed E-state index contributed by atoms with van der Waals surface area (Å²) < 4.78 is 0.584. The maximum absolute atomic E-state index is 5.85. The molecule has 124 valence electrons. The fraction of sp³-hybridized carbons (Fsp3) is 0.250. The van der Waals surface area contributed by atoms with Crippen LogP contribution in [0.2, 0.25) is 4.47 Å². The normalized spacial score (nSPS) is 11.5. The molecule has 0 fully saturated rings. The maximum atomic E-state index is 5.85. The second kappa shape index (κ2) is 6.96. The summed E-state index contributed by atoms with van der Waals surface area (Å²) in [5.41, 5.74) is 5.10. The van der Waals surface area contributed by atoms with E-state index in [2.05, 4.69) is 79.6 Å². The Morgan fingerprint density at radius 2 is 1.54 bits per heavy atom. The van der Waals surface area contributed by atoms with E-state index in [9.17, 15) is 0 Å². The molecule has 0 amide bonds. The Morgan fingerprint density at radius 3 is 2.04 bits per heavy atom. The molecule has 0 spiro atoms. The first-order valence-corrected chi connectivity index (χ1v) is 9.16. The molecule has 2 aromatic carbocycles. The van der Waals surface area contributed by atoms with Crippen LogP contribution >= 0.6 is 22.9 Å². The molecular weight excluding hydrogens is 336 g/mol. The first-order valence-electron chi connectivity index (χ1n) is 7.97. The summed E-state index contributed by atoms with van der Waals surface area (Å²) in [5, 5.41) is 3.39. The van der Waals surface area contributed by atoms with Crippen LogP contribution in [-0.2, 0) is 12.0 Å². The molecule has 1 aromatic heterocycles. The molecule has 0 aliphatic heterocycles. The molecule has 3 aromatic rings. The van der Waals surface area contributed by atoms with Crippen molar-refractivity contribution in [2.24, 2.45) is 0 Å². The molecule has 0 saturated carbocycles. The van der Waals surface area contributed by atoms with Crippen molar-refractivity contribution >= 4 is 28.6 Å². The topological polar surface area (TPSA) is 24.9 Å². The zero-order chi connectivity index (χ0) is 17.2. The number of hydrogen-bond acceptors (Lipinski definition) is 3. The lowest BCUT2D eigenvalue weighted by Crippen LogP contribution is -2.10. The minimum absolute atomic E-state index is 0.186. The van der Waals surface area contributed by atoms with Gasteiger partial charge in [0.15, 0.2) is 4.47 Å². The number of halogens is 1. The highest BCUT2D eigenvalue weighted by molar-refractivity contribution is 7.15. The van der Waals surface area contributed by atoms with E-state index in [0.29, 0.717) is 4.47 Å². The molecule has 0 unspecified atom stereocenters. The highest BCUT2D eigenvalue weighted by Gasteiger charge is 2.13. The molecule has 2 nitrogen and oxygen atoms in total. The number of hydrogen-bond donors (Lipinski definition) is 1. The molecule has 0 atom stereocenters. The van der Waals surface area contributed by atoms with Gasteiger partial charge in [-0.3, -0.25) is 0 Å². The highest BCUT2D eigenvalue weighted by Crippen LogP contribution is 2.27. The molecule has 0 aliphatic rings. The van der Waals surface area contributed by atoms with Crippen LogP contribution in [-0.4, -0.2) is 4.98 Å². The molecule has 0 radical (unpaired) electrons. The van der Waals surface area contributed by atoms with Crippen molar-refractivity contribution in [2.75, 3.05) is 5.32 Å². The van der Waals surface area contributed by atoms with Crippen LogP contribution in [0.1, 0.15) is 31.2 Å². The summed E-state index contributed by atoms with van der Waals surface area (Å²) >= 11 is 7.35.